The number of hydrogen-bond donors (Lipinski definition) is 1. The van der Waals surface area contributed by atoms with Gasteiger partial charge in [0.1, 0.15) is 0 Å². The maximum atomic E-state index is 4.52. The van der Waals surface area contributed by atoms with Gasteiger partial charge in [-0.05, 0) is 26.0 Å². The molecule has 0 saturated heterocycles. The van der Waals surface area contributed by atoms with Crippen LogP contribution in [0, 0.1) is 6.92 Å². The van der Waals surface area contributed by atoms with Crippen LogP contribution in [0.25, 0.3) is 0 Å². The molecule has 0 spiro atoms. The molecule has 0 fully saturated rings. The van der Waals surface area contributed by atoms with Crippen LogP contribution >= 0.6 is 0 Å². The molecule has 0 aliphatic heterocycles. The molecule has 0 amide bonds. The predicted octanol–water partition coefficient (Wildman–Crippen LogP) is 2.60. The van der Waals surface area contributed by atoms with Gasteiger partial charge in [-0.25, -0.2) is 0 Å². The van der Waals surface area contributed by atoms with E-state index in [0.29, 0.717) is 0 Å². The van der Waals surface area contributed by atoms with Gasteiger partial charge >= 0.3 is 0 Å². The summed E-state index contributed by atoms with van der Waals surface area (Å²) >= 11 is 0. The lowest BCUT2D eigenvalue weighted by atomic mass is 9.97. The van der Waals surface area contributed by atoms with E-state index in [0.717, 1.165) is 6.42 Å². The summed E-state index contributed by atoms with van der Waals surface area (Å²) in [6.07, 6.45) is 3.07. The van der Waals surface area contributed by atoms with Crippen LogP contribution in [0.15, 0.2) is 30.5 Å². The normalized spacial score (nSPS) is 12.7. The van der Waals surface area contributed by atoms with Gasteiger partial charge in [-0.15, -0.1) is 0 Å². The van der Waals surface area contributed by atoms with Crippen LogP contribution in [0.2, 0.25) is 0 Å². The summed E-state index contributed by atoms with van der Waals surface area (Å²) in [5, 5.41) is 7.92. The largest absolute Gasteiger partial charge is 0.309 e. The molecule has 96 valence electrons. The van der Waals surface area contributed by atoms with E-state index in [1.807, 2.05) is 18.8 Å². The second kappa shape index (κ2) is 5.36. The molecule has 0 bridgehead atoms. The second-order valence-corrected chi connectivity index (χ2v) is 4.69. The molecule has 18 heavy (non-hydrogen) atoms. The zero-order valence-electron chi connectivity index (χ0n) is 11.6. The third-order valence-electron chi connectivity index (χ3n) is 3.25. The molecule has 1 heterocycles. The molecule has 1 aromatic heterocycles. The summed E-state index contributed by atoms with van der Waals surface area (Å²) in [5.74, 6) is 0. The molecule has 0 aliphatic carbocycles. The number of nitrogens with zero attached hydrogens (tertiary/aromatic N) is 2. The second-order valence-electron chi connectivity index (χ2n) is 4.69. The van der Waals surface area contributed by atoms with Crippen LogP contribution in [0.4, 0.5) is 0 Å². The quantitative estimate of drug-likeness (QED) is 0.894. The van der Waals surface area contributed by atoms with E-state index in [9.17, 15) is 0 Å². The van der Waals surface area contributed by atoms with E-state index < -0.39 is 0 Å². The molecule has 2 aromatic rings. The number of aromatic nitrogens is 2. The Balaban J connectivity index is 2.44. The summed E-state index contributed by atoms with van der Waals surface area (Å²) < 4.78 is 1.90. The molecular formula is C15H21N3. The molecule has 2 rings (SSSR count). The Morgan fingerprint density at radius 2 is 2.17 bits per heavy atom. The van der Waals surface area contributed by atoms with Crippen LogP contribution in [-0.4, -0.2) is 16.8 Å². The van der Waals surface area contributed by atoms with Crippen molar-refractivity contribution >= 4 is 0 Å². The molecule has 0 aliphatic rings. The Hall–Kier alpha value is -1.61. The first-order valence-corrected chi connectivity index (χ1v) is 6.42. The van der Waals surface area contributed by atoms with Gasteiger partial charge in [0.2, 0.25) is 0 Å². The molecule has 3 nitrogen and oxygen atoms in total. The Bertz CT molecular complexity index is 528. The Morgan fingerprint density at radius 1 is 1.39 bits per heavy atom. The van der Waals surface area contributed by atoms with E-state index >= 15 is 0 Å². The molecular weight excluding hydrogens is 222 g/mol. The average Bonchev–Trinajstić information content (AvgIpc) is 2.71. The Labute approximate surface area is 109 Å². The average molecular weight is 243 g/mol. The van der Waals surface area contributed by atoms with Gasteiger partial charge in [-0.1, -0.05) is 36.8 Å². The fourth-order valence-electron chi connectivity index (χ4n) is 2.42. The first kappa shape index (κ1) is 12.8. The summed E-state index contributed by atoms with van der Waals surface area (Å²) in [5.41, 5.74) is 5.02. The minimum atomic E-state index is 0.216. The van der Waals surface area contributed by atoms with Crippen molar-refractivity contribution in [2.45, 2.75) is 26.3 Å². The maximum absolute atomic E-state index is 4.52. The first-order valence-electron chi connectivity index (χ1n) is 6.42. The van der Waals surface area contributed by atoms with E-state index in [2.05, 4.69) is 54.7 Å². The molecule has 3 heteroatoms. The number of rotatable bonds is 4. The van der Waals surface area contributed by atoms with E-state index in [4.69, 9.17) is 0 Å². The zero-order valence-corrected chi connectivity index (χ0v) is 11.6. The highest BCUT2D eigenvalue weighted by atomic mass is 15.3. The van der Waals surface area contributed by atoms with Gasteiger partial charge in [0.05, 0.1) is 11.7 Å². The molecule has 1 N–H and O–H groups in total. The van der Waals surface area contributed by atoms with E-state index in [-0.39, 0.29) is 6.04 Å². The molecule has 0 saturated carbocycles. The van der Waals surface area contributed by atoms with E-state index in [1.54, 1.807) is 0 Å². The number of aryl methyl sites for hydroxylation is 3. The van der Waals surface area contributed by atoms with Gasteiger partial charge in [0.25, 0.3) is 0 Å². The Morgan fingerprint density at radius 3 is 2.78 bits per heavy atom. The maximum Gasteiger partial charge on any atom is 0.0673 e. The van der Waals surface area contributed by atoms with Crippen LogP contribution < -0.4 is 5.32 Å². The highest BCUT2D eigenvalue weighted by molar-refractivity contribution is 5.35. The van der Waals surface area contributed by atoms with Gasteiger partial charge in [0, 0.05) is 18.8 Å². The lowest BCUT2D eigenvalue weighted by molar-refractivity contribution is 0.683. The van der Waals surface area contributed by atoms with Crippen molar-refractivity contribution in [2.24, 2.45) is 7.05 Å². The van der Waals surface area contributed by atoms with Crippen molar-refractivity contribution in [1.29, 1.82) is 0 Å². The van der Waals surface area contributed by atoms with Crippen LogP contribution in [0.3, 0.4) is 0 Å². The number of hydrogen-bond acceptors (Lipinski definition) is 2. The summed E-state index contributed by atoms with van der Waals surface area (Å²) in [6, 6.07) is 8.85. The van der Waals surface area contributed by atoms with Crippen molar-refractivity contribution < 1.29 is 0 Å². The number of benzene rings is 1. The lowest BCUT2D eigenvalue weighted by Gasteiger charge is -2.17. The molecule has 0 radical (unpaired) electrons. The summed E-state index contributed by atoms with van der Waals surface area (Å²) in [4.78, 5) is 0. The van der Waals surface area contributed by atoms with Gasteiger partial charge in [-0.3, -0.25) is 4.68 Å². The molecule has 1 aromatic carbocycles. The van der Waals surface area contributed by atoms with Gasteiger partial charge in [0.15, 0.2) is 0 Å². The summed E-state index contributed by atoms with van der Waals surface area (Å²) in [7, 11) is 3.98. The minimum absolute atomic E-state index is 0.216. The minimum Gasteiger partial charge on any atom is -0.309 e. The van der Waals surface area contributed by atoms with Crippen molar-refractivity contribution in [3.63, 3.8) is 0 Å². The first-order chi connectivity index (χ1) is 8.65. The lowest BCUT2D eigenvalue weighted by Crippen LogP contribution is -2.18. The fourth-order valence-corrected chi connectivity index (χ4v) is 2.42. The molecule has 1 atom stereocenters. The van der Waals surface area contributed by atoms with Gasteiger partial charge < -0.3 is 5.32 Å². The van der Waals surface area contributed by atoms with Crippen LogP contribution in [0.1, 0.15) is 35.3 Å². The third-order valence-corrected chi connectivity index (χ3v) is 3.25. The van der Waals surface area contributed by atoms with Crippen molar-refractivity contribution in [2.75, 3.05) is 7.05 Å². The van der Waals surface area contributed by atoms with Gasteiger partial charge in [-0.2, -0.15) is 5.10 Å². The highest BCUT2D eigenvalue weighted by Gasteiger charge is 2.17. The molecule has 1 unspecified atom stereocenters. The predicted molar refractivity (Wildman–Crippen MR) is 74.7 cm³/mol. The zero-order chi connectivity index (χ0) is 13.1. The van der Waals surface area contributed by atoms with Crippen molar-refractivity contribution in [1.82, 2.24) is 15.1 Å². The van der Waals surface area contributed by atoms with Crippen LogP contribution in [-0.2, 0) is 13.5 Å². The monoisotopic (exact) mass is 243 g/mol. The van der Waals surface area contributed by atoms with Crippen LogP contribution in [0.5, 0.6) is 0 Å². The smallest absolute Gasteiger partial charge is 0.0673 e. The number of nitrogens with one attached hydrogen (secondary N) is 1. The standard InChI is InChI=1S/C15H21N3/c1-5-14-13(10-18(4)17-14)15(16-3)12-8-6-7-11(2)9-12/h6-10,15-16H,5H2,1-4H3. The third kappa shape index (κ3) is 2.46. The van der Waals surface area contributed by atoms with Crippen molar-refractivity contribution in [3.8, 4) is 0 Å². The topological polar surface area (TPSA) is 29.9 Å². The summed E-state index contributed by atoms with van der Waals surface area (Å²) in [6.45, 7) is 4.27. The van der Waals surface area contributed by atoms with E-state index in [1.165, 1.54) is 22.4 Å². The fraction of sp³-hybridized carbons (Fsp3) is 0.400. The SMILES string of the molecule is CCc1nn(C)cc1C(NC)c1cccc(C)c1. The Kier molecular flexibility index (Phi) is 3.82. The van der Waals surface area contributed by atoms with Crippen molar-refractivity contribution in [3.05, 3.63) is 52.8 Å². The highest BCUT2D eigenvalue weighted by Crippen LogP contribution is 2.25.